The average molecular weight is 500 g/mol. The molecule has 4 N–H and O–H groups in total. The summed E-state index contributed by atoms with van der Waals surface area (Å²) in [6.45, 7) is 0.365. The van der Waals surface area contributed by atoms with Crippen LogP contribution in [0.5, 0.6) is 0 Å². The number of H-pyrrole nitrogens is 1. The Balaban J connectivity index is 1.41. The third-order valence-electron chi connectivity index (χ3n) is 5.52. The number of aromatic nitrogens is 5. The third kappa shape index (κ3) is 4.37. The standard InChI is InChI=1S/C23H17ClF3N7O/c24-14-5-12-7-15(8-29-22(35)16-3-1-2-4-17(16)23(25,26)27)33-18(12)13(6-14)9-34-11-32-19-20(28)30-10-31-21(19)34/h1-7,10-11,33H,8-9H2,(H,29,35)(H2,28,30,31). The molecule has 12 heteroatoms. The summed E-state index contributed by atoms with van der Waals surface area (Å²) >= 11 is 6.32. The van der Waals surface area contributed by atoms with Crippen LogP contribution < -0.4 is 11.1 Å². The molecule has 3 heterocycles. The largest absolute Gasteiger partial charge is 0.417 e. The van der Waals surface area contributed by atoms with Crippen molar-refractivity contribution in [1.29, 1.82) is 0 Å². The number of aromatic amines is 1. The molecule has 0 aliphatic rings. The van der Waals surface area contributed by atoms with Crippen LogP contribution in [0.3, 0.4) is 0 Å². The molecule has 0 saturated heterocycles. The first-order valence-electron chi connectivity index (χ1n) is 10.4. The smallest absolute Gasteiger partial charge is 0.382 e. The van der Waals surface area contributed by atoms with E-state index in [0.29, 0.717) is 28.4 Å². The Bertz CT molecular complexity index is 1570. The van der Waals surface area contributed by atoms with E-state index in [1.54, 1.807) is 29.1 Å². The van der Waals surface area contributed by atoms with Gasteiger partial charge in [0.15, 0.2) is 11.5 Å². The van der Waals surface area contributed by atoms with Crippen LogP contribution in [0.4, 0.5) is 19.0 Å². The van der Waals surface area contributed by atoms with Crippen LogP contribution >= 0.6 is 11.6 Å². The predicted molar refractivity (Wildman–Crippen MR) is 125 cm³/mol. The van der Waals surface area contributed by atoms with Crippen molar-refractivity contribution in [3.63, 3.8) is 0 Å². The molecule has 0 saturated carbocycles. The lowest BCUT2D eigenvalue weighted by Crippen LogP contribution is -2.26. The summed E-state index contributed by atoms with van der Waals surface area (Å²) in [6, 6.07) is 9.99. The third-order valence-corrected chi connectivity index (χ3v) is 5.74. The second-order valence-electron chi connectivity index (χ2n) is 7.85. The van der Waals surface area contributed by atoms with E-state index in [4.69, 9.17) is 17.3 Å². The minimum Gasteiger partial charge on any atom is -0.382 e. The molecule has 178 valence electrons. The zero-order valence-corrected chi connectivity index (χ0v) is 18.7. The van der Waals surface area contributed by atoms with E-state index in [1.807, 2.05) is 0 Å². The first kappa shape index (κ1) is 22.7. The molecular weight excluding hydrogens is 483 g/mol. The number of anilines is 1. The molecule has 0 atom stereocenters. The molecule has 0 radical (unpaired) electrons. The predicted octanol–water partition coefficient (Wildman–Crippen LogP) is 4.54. The Hall–Kier alpha value is -4.12. The molecular formula is C23H17ClF3N7O. The lowest BCUT2D eigenvalue weighted by Gasteiger charge is -2.12. The van der Waals surface area contributed by atoms with Crippen LogP contribution in [-0.4, -0.2) is 30.4 Å². The van der Waals surface area contributed by atoms with E-state index >= 15 is 0 Å². The van der Waals surface area contributed by atoms with Gasteiger partial charge in [0.2, 0.25) is 0 Å². The van der Waals surface area contributed by atoms with E-state index in [1.165, 1.54) is 18.5 Å². The van der Waals surface area contributed by atoms with Crippen molar-refractivity contribution in [2.24, 2.45) is 0 Å². The van der Waals surface area contributed by atoms with Gasteiger partial charge in [-0.3, -0.25) is 4.79 Å². The lowest BCUT2D eigenvalue weighted by molar-refractivity contribution is -0.137. The minimum atomic E-state index is -4.63. The van der Waals surface area contributed by atoms with Crippen LogP contribution in [0.1, 0.15) is 27.2 Å². The Morgan fingerprint density at radius 1 is 1.14 bits per heavy atom. The molecule has 0 bridgehead atoms. The SMILES string of the molecule is Nc1ncnc2c1ncn2Cc1cc(Cl)cc2cc(CNC(=O)c3ccccc3C(F)(F)F)[nH]c12. The summed E-state index contributed by atoms with van der Waals surface area (Å²) in [5.74, 6) is -0.549. The van der Waals surface area contributed by atoms with Gasteiger partial charge in [0.05, 0.1) is 36.1 Å². The molecule has 8 nitrogen and oxygen atoms in total. The molecule has 0 aliphatic heterocycles. The lowest BCUT2D eigenvalue weighted by atomic mass is 10.1. The molecule has 0 spiro atoms. The molecule has 5 rings (SSSR count). The van der Waals surface area contributed by atoms with Gasteiger partial charge in [-0.1, -0.05) is 23.7 Å². The van der Waals surface area contributed by atoms with Gasteiger partial charge in [0.1, 0.15) is 11.8 Å². The highest BCUT2D eigenvalue weighted by Crippen LogP contribution is 2.32. The second kappa shape index (κ2) is 8.58. The summed E-state index contributed by atoms with van der Waals surface area (Å²) < 4.78 is 41.5. The average Bonchev–Trinajstić information content (AvgIpc) is 3.42. The van der Waals surface area contributed by atoms with Crippen molar-refractivity contribution in [1.82, 2.24) is 29.8 Å². The fourth-order valence-electron chi connectivity index (χ4n) is 3.95. The zero-order chi connectivity index (χ0) is 24.7. The fraction of sp³-hybridized carbons (Fsp3) is 0.130. The number of alkyl halides is 3. The van der Waals surface area contributed by atoms with Gasteiger partial charge in [-0.05, 0) is 35.9 Å². The van der Waals surface area contributed by atoms with Crippen molar-refractivity contribution in [3.05, 3.63) is 82.5 Å². The molecule has 0 unspecified atom stereocenters. The Morgan fingerprint density at radius 3 is 2.74 bits per heavy atom. The molecule has 2 aromatic carbocycles. The molecule has 35 heavy (non-hydrogen) atoms. The topological polar surface area (TPSA) is 115 Å². The highest BCUT2D eigenvalue weighted by Gasteiger charge is 2.34. The monoisotopic (exact) mass is 499 g/mol. The van der Waals surface area contributed by atoms with Crippen molar-refractivity contribution in [2.75, 3.05) is 5.73 Å². The number of imidazole rings is 1. The van der Waals surface area contributed by atoms with Crippen molar-refractivity contribution < 1.29 is 18.0 Å². The summed E-state index contributed by atoms with van der Waals surface area (Å²) in [6.07, 6.45) is -1.67. The van der Waals surface area contributed by atoms with Crippen LogP contribution in [0.25, 0.3) is 22.1 Å². The van der Waals surface area contributed by atoms with E-state index in [0.717, 1.165) is 28.6 Å². The number of nitrogens with two attached hydrogens (primary N) is 1. The summed E-state index contributed by atoms with van der Waals surface area (Å²) in [4.78, 5) is 28.2. The zero-order valence-electron chi connectivity index (χ0n) is 17.9. The Kier molecular flexibility index (Phi) is 5.56. The number of hydrogen-bond donors (Lipinski definition) is 3. The first-order valence-corrected chi connectivity index (χ1v) is 10.7. The summed E-state index contributed by atoms with van der Waals surface area (Å²) in [5.41, 5.74) is 7.67. The highest BCUT2D eigenvalue weighted by atomic mass is 35.5. The number of carbonyl (C=O) groups is 1. The van der Waals surface area contributed by atoms with Crippen LogP contribution in [0.2, 0.25) is 5.02 Å². The number of benzene rings is 2. The van der Waals surface area contributed by atoms with Crippen LogP contribution in [0.15, 0.2) is 55.1 Å². The van der Waals surface area contributed by atoms with Gasteiger partial charge in [0.25, 0.3) is 5.91 Å². The van der Waals surface area contributed by atoms with Gasteiger partial charge in [-0.25, -0.2) is 15.0 Å². The number of carbonyl (C=O) groups excluding carboxylic acids is 1. The van der Waals surface area contributed by atoms with Gasteiger partial charge in [-0.15, -0.1) is 0 Å². The highest BCUT2D eigenvalue weighted by molar-refractivity contribution is 6.31. The maximum absolute atomic E-state index is 13.2. The first-order chi connectivity index (χ1) is 16.7. The van der Waals surface area contributed by atoms with Crippen molar-refractivity contribution in [2.45, 2.75) is 19.3 Å². The van der Waals surface area contributed by atoms with Crippen molar-refractivity contribution in [3.8, 4) is 0 Å². The number of hydrogen-bond acceptors (Lipinski definition) is 5. The fourth-order valence-corrected chi connectivity index (χ4v) is 4.20. The van der Waals surface area contributed by atoms with Gasteiger partial charge < -0.3 is 20.6 Å². The Labute approximate surface area is 201 Å². The van der Waals surface area contributed by atoms with Gasteiger partial charge in [0, 0.05) is 16.1 Å². The van der Waals surface area contributed by atoms with E-state index in [9.17, 15) is 18.0 Å². The second-order valence-corrected chi connectivity index (χ2v) is 8.29. The number of nitrogens with zero attached hydrogens (tertiary/aromatic N) is 4. The molecule has 3 aromatic heterocycles. The van der Waals surface area contributed by atoms with Crippen molar-refractivity contribution >= 4 is 45.4 Å². The maximum atomic E-state index is 13.2. The normalized spacial score (nSPS) is 11.9. The number of rotatable bonds is 5. The summed E-state index contributed by atoms with van der Waals surface area (Å²) in [5, 5.41) is 3.83. The number of amides is 1. The molecule has 5 aromatic rings. The van der Waals surface area contributed by atoms with Gasteiger partial charge in [-0.2, -0.15) is 13.2 Å². The van der Waals surface area contributed by atoms with Crippen LogP contribution in [-0.2, 0) is 19.3 Å². The number of fused-ring (bicyclic) bond motifs is 2. The number of nitrogen functional groups attached to an aromatic ring is 1. The van der Waals surface area contributed by atoms with E-state index in [-0.39, 0.29) is 12.4 Å². The maximum Gasteiger partial charge on any atom is 0.417 e. The molecule has 0 fully saturated rings. The summed E-state index contributed by atoms with van der Waals surface area (Å²) in [7, 11) is 0. The van der Waals surface area contributed by atoms with E-state index < -0.39 is 23.2 Å². The molecule has 1 amide bonds. The van der Waals surface area contributed by atoms with Crippen LogP contribution in [0, 0.1) is 0 Å². The molecule has 0 aliphatic carbocycles. The Morgan fingerprint density at radius 2 is 1.94 bits per heavy atom. The number of nitrogens with one attached hydrogen (secondary N) is 2. The van der Waals surface area contributed by atoms with Gasteiger partial charge >= 0.3 is 6.18 Å². The van der Waals surface area contributed by atoms with E-state index in [2.05, 4.69) is 25.3 Å². The minimum absolute atomic E-state index is 0.00543. The quantitative estimate of drug-likeness (QED) is 0.328. The number of halogens is 4.